The molecule has 2 rings (SSSR count). The Hall–Kier alpha value is -1.70. The van der Waals surface area contributed by atoms with Crippen LogP contribution in [0.5, 0.6) is 5.75 Å². The van der Waals surface area contributed by atoms with Gasteiger partial charge in [0, 0.05) is 18.9 Å². The van der Waals surface area contributed by atoms with Crippen molar-refractivity contribution in [2.24, 2.45) is 0 Å². The van der Waals surface area contributed by atoms with Crippen molar-refractivity contribution in [3.8, 4) is 5.75 Å². The highest BCUT2D eigenvalue weighted by Gasteiger charge is 2.03. The molecule has 2 nitrogen and oxygen atoms in total. The predicted octanol–water partition coefficient (Wildman–Crippen LogP) is 3.44. The number of hydrogen-bond donors (Lipinski definition) is 1. The highest BCUT2D eigenvalue weighted by molar-refractivity contribution is 5.42. The molecule has 1 heterocycles. The summed E-state index contributed by atoms with van der Waals surface area (Å²) in [5.74, 6) is 0.430. The second kappa shape index (κ2) is 5.09. The molecule has 2 aromatic rings. The van der Waals surface area contributed by atoms with Crippen LogP contribution in [0.2, 0.25) is 0 Å². The van der Waals surface area contributed by atoms with Crippen LogP contribution >= 0.6 is 0 Å². The highest BCUT2D eigenvalue weighted by atomic mass is 16.3. The number of aromatic nitrogens is 1. The maximum atomic E-state index is 9.70. The Bertz CT molecular complexity index is 463. The molecule has 1 N–H and O–H groups in total. The van der Waals surface area contributed by atoms with Crippen LogP contribution in [-0.4, -0.2) is 9.67 Å². The molecule has 0 atom stereocenters. The van der Waals surface area contributed by atoms with Gasteiger partial charge in [0.05, 0.1) is 0 Å². The summed E-state index contributed by atoms with van der Waals surface area (Å²) in [6.45, 7) is 4.96. The van der Waals surface area contributed by atoms with Gasteiger partial charge in [-0.2, -0.15) is 0 Å². The molecule has 0 aliphatic heterocycles. The molecule has 0 fully saturated rings. The number of aromatic hydroxyl groups is 1. The van der Waals surface area contributed by atoms with E-state index >= 15 is 0 Å². The van der Waals surface area contributed by atoms with E-state index in [9.17, 15) is 5.11 Å². The maximum Gasteiger partial charge on any atom is 0.121 e. The number of aryl methyl sites for hydroxylation is 4. The van der Waals surface area contributed by atoms with Gasteiger partial charge in [-0.15, -0.1) is 0 Å². The van der Waals surface area contributed by atoms with Crippen LogP contribution in [0.4, 0.5) is 0 Å². The second-order valence-electron chi connectivity index (χ2n) is 4.60. The first kappa shape index (κ1) is 11.8. The minimum absolute atomic E-state index is 0.430. The van der Waals surface area contributed by atoms with Gasteiger partial charge >= 0.3 is 0 Å². The smallest absolute Gasteiger partial charge is 0.121 e. The Labute approximate surface area is 103 Å². The Balaban J connectivity index is 1.95. The number of benzene rings is 1. The molecule has 0 saturated heterocycles. The molecule has 0 unspecified atom stereocenters. The fraction of sp³-hybridized carbons (Fsp3) is 0.333. The van der Waals surface area contributed by atoms with E-state index < -0.39 is 0 Å². The largest absolute Gasteiger partial charge is 0.507 e. The predicted molar refractivity (Wildman–Crippen MR) is 70.3 cm³/mol. The van der Waals surface area contributed by atoms with E-state index in [-0.39, 0.29) is 0 Å². The molecule has 1 aromatic carbocycles. The van der Waals surface area contributed by atoms with E-state index in [2.05, 4.69) is 41.2 Å². The average molecular weight is 229 g/mol. The third kappa shape index (κ3) is 2.90. The molecule has 1 aromatic heterocycles. The van der Waals surface area contributed by atoms with E-state index in [4.69, 9.17) is 0 Å². The van der Waals surface area contributed by atoms with Gasteiger partial charge in [0.25, 0.3) is 0 Å². The van der Waals surface area contributed by atoms with Crippen LogP contribution in [-0.2, 0) is 13.0 Å². The number of phenolic OH excluding ortho intramolecular Hbond substituents is 1. The normalized spacial score (nSPS) is 10.7. The average Bonchev–Trinajstić information content (AvgIpc) is 2.79. The molecule has 0 bridgehead atoms. The van der Waals surface area contributed by atoms with Crippen molar-refractivity contribution in [1.29, 1.82) is 0 Å². The van der Waals surface area contributed by atoms with Gasteiger partial charge < -0.3 is 9.67 Å². The van der Waals surface area contributed by atoms with Crippen LogP contribution in [0.1, 0.15) is 23.1 Å². The van der Waals surface area contributed by atoms with Gasteiger partial charge in [-0.05, 0) is 55.5 Å². The van der Waals surface area contributed by atoms with Crippen molar-refractivity contribution in [3.05, 3.63) is 53.3 Å². The van der Waals surface area contributed by atoms with Crippen LogP contribution in [0, 0.1) is 13.8 Å². The molecule has 0 aliphatic rings. The fourth-order valence-electron chi connectivity index (χ4n) is 2.17. The summed E-state index contributed by atoms with van der Waals surface area (Å²) >= 11 is 0. The molecule has 17 heavy (non-hydrogen) atoms. The van der Waals surface area contributed by atoms with Crippen molar-refractivity contribution in [2.75, 3.05) is 0 Å². The Morgan fingerprint density at radius 2 is 1.65 bits per heavy atom. The Kier molecular flexibility index (Phi) is 3.52. The van der Waals surface area contributed by atoms with Gasteiger partial charge in [-0.25, -0.2) is 0 Å². The van der Waals surface area contributed by atoms with Crippen molar-refractivity contribution in [1.82, 2.24) is 4.57 Å². The zero-order valence-corrected chi connectivity index (χ0v) is 10.5. The Morgan fingerprint density at radius 3 is 2.24 bits per heavy atom. The first-order valence-corrected chi connectivity index (χ1v) is 6.06. The lowest BCUT2D eigenvalue weighted by Crippen LogP contribution is -1.97. The summed E-state index contributed by atoms with van der Waals surface area (Å²) in [7, 11) is 0. The molecular weight excluding hydrogens is 210 g/mol. The van der Waals surface area contributed by atoms with E-state index in [0.717, 1.165) is 30.5 Å². The summed E-state index contributed by atoms with van der Waals surface area (Å²) < 4.78 is 2.19. The number of hydrogen-bond acceptors (Lipinski definition) is 1. The van der Waals surface area contributed by atoms with E-state index in [1.54, 1.807) is 0 Å². The van der Waals surface area contributed by atoms with Gasteiger partial charge in [-0.3, -0.25) is 0 Å². The quantitative estimate of drug-likeness (QED) is 0.853. The number of rotatable bonds is 4. The molecule has 90 valence electrons. The monoisotopic (exact) mass is 229 g/mol. The van der Waals surface area contributed by atoms with Crippen molar-refractivity contribution in [3.63, 3.8) is 0 Å². The Morgan fingerprint density at radius 1 is 1.06 bits per heavy atom. The molecule has 0 saturated carbocycles. The first-order valence-electron chi connectivity index (χ1n) is 6.06. The third-order valence-corrected chi connectivity index (χ3v) is 3.10. The van der Waals surface area contributed by atoms with E-state index in [1.165, 1.54) is 5.56 Å². The molecule has 0 aliphatic carbocycles. The van der Waals surface area contributed by atoms with Crippen LogP contribution in [0.3, 0.4) is 0 Å². The summed E-state index contributed by atoms with van der Waals surface area (Å²) in [6.07, 6.45) is 6.36. The van der Waals surface area contributed by atoms with Gasteiger partial charge in [0.2, 0.25) is 0 Å². The minimum Gasteiger partial charge on any atom is -0.507 e. The summed E-state index contributed by atoms with van der Waals surface area (Å²) in [5.41, 5.74) is 3.26. The molecular formula is C15H19NO. The molecule has 0 spiro atoms. The second-order valence-corrected chi connectivity index (χ2v) is 4.60. The lowest BCUT2D eigenvalue weighted by molar-refractivity contribution is 0.466. The fourth-order valence-corrected chi connectivity index (χ4v) is 2.17. The lowest BCUT2D eigenvalue weighted by Gasteiger charge is -2.08. The zero-order valence-electron chi connectivity index (χ0n) is 10.5. The van der Waals surface area contributed by atoms with Gasteiger partial charge in [-0.1, -0.05) is 12.1 Å². The van der Waals surface area contributed by atoms with Crippen LogP contribution in [0.15, 0.2) is 36.7 Å². The zero-order chi connectivity index (χ0) is 12.3. The van der Waals surface area contributed by atoms with Gasteiger partial charge in [0.15, 0.2) is 0 Å². The summed E-state index contributed by atoms with van der Waals surface area (Å²) in [5, 5.41) is 9.70. The topological polar surface area (TPSA) is 25.2 Å². The lowest BCUT2D eigenvalue weighted by atomic mass is 10.0. The molecule has 0 radical (unpaired) electrons. The number of phenols is 1. The van der Waals surface area contributed by atoms with Crippen LogP contribution in [0.25, 0.3) is 0 Å². The van der Waals surface area contributed by atoms with Crippen LogP contribution < -0.4 is 0 Å². The summed E-state index contributed by atoms with van der Waals surface area (Å²) in [6, 6.07) is 8.26. The maximum absolute atomic E-state index is 9.70. The highest BCUT2D eigenvalue weighted by Crippen LogP contribution is 2.23. The van der Waals surface area contributed by atoms with E-state index in [0.29, 0.717) is 5.75 Å². The third-order valence-electron chi connectivity index (χ3n) is 3.10. The van der Waals surface area contributed by atoms with Crippen molar-refractivity contribution in [2.45, 2.75) is 33.2 Å². The molecule has 2 heteroatoms. The van der Waals surface area contributed by atoms with Gasteiger partial charge in [0.1, 0.15) is 5.75 Å². The number of nitrogens with zero attached hydrogens (tertiary/aromatic N) is 1. The molecule has 0 amide bonds. The van der Waals surface area contributed by atoms with Crippen molar-refractivity contribution >= 4 is 0 Å². The standard InChI is InChI=1S/C15H19NO/c1-12-10-14(11-13(2)15(12)17)6-5-9-16-7-3-4-8-16/h3-4,7-8,10-11,17H,5-6,9H2,1-2H3. The van der Waals surface area contributed by atoms with E-state index in [1.807, 2.05) is 13.8 Å². The minimum atomic E-state index is 0.430. The van der Waals surface area contributed by atoms with Crippen molar-refractivity contribution < 1.29 is 5.11 Å². The summed E-state index contributed by atoms with van der Waals surface area (Å²) in [4.78, 5) is 0. The SMILES string of the molecule is Cc1cc(CCCn2cccc2)cc(C)c1O. The first-order chi connectivity index (χ1) is 8.16.